The van der Waals surface area contributed by atoms with E-state index in [4.69, 9.17) is 0 Å². The van der Waals surface area contributed by atoms with Crippen LogP contribution in [0, 0.1) is 12.3 Å². The molecule has 1 aliphatic heterocycles. The van der Waals surface area contributed by atoms with Gasteiger partial charge in [0.2, 0.25) is 11.9 Å². The van der Waals surface area contributed by atoms with Crippen molar-refractivity contribution in [3.8, 4) is 5.95 Å². The molecule has 0 aromatic carbocycles. The number of amides is 1. The summed E-state index contributed by atoms with van der Waals surface area (Å²) in [7, 11) is 0. The quantitative estimate of drug-likeness (QED) is 0.869. The summed E-state index contributed by atoms with van der Waals surface area (Å²) in [5.41, 5.74) is 1.49. The van der Waals surface area contributed by atoms with E-state index >= 15 is 0 Å². The van der Waals surface area contributed by atoms with Crippen LogP contribution in [0.4, 0.5) is 8.78 Å². The van der Waals surface area contributed by atoms with Crippen LogP contribution in [0.2, 0.25) is 0 Å². The van der Waals surface area contributed by atoms with Crippen molar-refractivity contribution in [3.05, 3.63) is 45.1 Å². The Balaban J connectivity index is 1.38. The van der Waals surface area contributed by atoms with Crippen molar-refractivity contribution in [1.82, 2.24) is 24.6 Å². The van der Waals surface area contributed by atoms with E-state index in [1.54, 1.807) is 17.9 Å². The number of hydrogen-bond acceptors (Lipinski definition) is 4. The predicted octanol–water partition coefficient (Wildman–Crippen LogP) is 1.70. The van der Waals surface area contributed by atoms with Gasteiger partial charge in [0.25, 0.3) is 11.5 Å². The monoisotopic (exact) mass is 373 g/mol. The lowest BCUT2D eigenvalue weighted by molar-refractivity contribution is -0.203. The molecular formula is C18H17F2N5O2. The molecule has 5 rings (SSSR count). The first-order valence-corrected chi connectivity index (χ1v) is 8.79. The van der Waals surface area contributed by atoms with Gasteiger partial charge in [-0.05, 0) is 6.92 Å². The smallest absolute Gasteiger partial charge is 0.259 e. The van der Waals surface area contributed by atoms with E-state index in [0.29, 0.717) is 42.0 Å². The van der Waals surface area contributed by atoms with Gasteiger partial charge in [-0.15, -0.1) is 0 Å². The average molecular weight is 373 g/mol. The van der Waals surface area contributed by atoms with Gasteiger partial charge in [0.15, 0.2) is 0 Å². The molecule has 3 heterocycles. The van der Waals surface area contributed by atoms with Crippen molar-refractivity contribution in [2.45, 2.75) is 32.1 Å². The number of rotatable bonds is 2. The molecule has 0 atom stereocenters. The number of aromatic nitrogens is 4. The summed E-state index contributed by atoms with van der Waals surface area (Å²) < 4.78 is 27.7. The molecule has 1 spiro atoms. The van der Waals surface area contributed by atoms with Crippen molar-refractivity contribution >= 4 is 12.0 Å². The minimum Gasteiger partial charge on any atom is -0.337 e. The molecule has 1 amide bonds. The summed E-state index contributed by atoms with van der Waals surface area (Å²) in [5, 5.41) is 4.20. The van der Waals surface area contributed by atoms with Gasteiger partial charge >= 0.3 is 0 Å². The highest BCUT2D eigenvalue weighted by Crippen LogP contribution is 2.56. The largest absolute Gasteiger partial charge is 0.337 e. The van der Waals surface area contributed by atoms with Gasteiger partial charge in [-0.1, -0.05) is 12.2 Å². The van der Waals surface area contributed by atoms with E-state index in [1.807, 2.05) is 6.08 Å². The third kappa shape index (κ3) is 2.37. The lowest BCUT2D eigenvalue weighted by Gasteiger charge is -2.58. The fourth-order valence-electron chi connectivity index (χ4n) is 4.41. The van der Waals surface area contributed by atoms with E-state index in [2.05, 4.69) is 15.1 Å². The Morgan fingerprint density at radius 3 is 2.74 bits per heavy atom. The molecule has 1 saturated carbocycles. The van der Waals surface area contributed by atoms with Crippen LogP contribution in [0.25, 0.3) is 12.0 Å². The maximum atomic E-state index is 13.1. The van der Waals surface area contributed by atoms with E-state index in [-0.39, 0.29) is 30.3 Å². The second kappa shape index (κ2) is 5.11. The number of H-pyrrole nitrogens is 1. The number of likely N-dealkylation sites (tertiary alicyclic amines) is 1. The second-order valence-corrected chi connectivity index (χ2v) is 7.78. The molecular weight excluding hydrogens is 356 g/mol. The summed E-state index contributed by atoms with van der Waals surface area (Å²) in [6.45, 7) is 2.43. The molecule has 140 valence electrons. The molecule has 9 heteroatoms. The highest BCUT2D eigenvalue weighted by atomic mass is 19.3. The van der Waals surface area contributed by atoms with Gasteiger partial charge in [0, 0.05) is 37.8 Å². The van der Waals surface area contributed by atoms with Gasteiger partial charge in [-0.25, -0.2) is 18.4 Å². The van der Waals surface area contributed by atoms with Gasteiger partial charge in [-0.2, -0.15) is 5.10 Å². The van der Waals surface area contributed by atoms with Gasteiger partial charge in [0.05, 0.1) is 28.7 Å². The van der Waals surface area contributed by atoms with Crippen LogP contribution in [-0.2, 0) is 6.42 Å². The Hall–Kier alpha value is -2.84. The molecule has 2 aliphatic carbocycles. The van der Waals surface area contributed by atoms with E-state index in [0.717, 1.165) is 0 Å². The number of aromatic amines is 1. The lowest BCUT2D eigenvalue weighted by atomic mass is 9.61. The third-order valence-electron chi connectivity index (χ3n) is 5.67. The van der Waals surface area contributed by atoms with Crippen molar-refractivity contribution in [2.75, 3.05) is 13.1 Å². The molecule has 1 saturated heterocycles. The Bertz CT molecular complexity index is 1050. The molecule has 3 aliphatic rings. The molecule has 27 heavy (non-hydrogen) atoms. The van der Waals surface area contributed by atoms with E-state index < -0.39 is 11.3 Å². The summed E-state index contributed by atoms with van der Waals surface area (Å²) in [6.07, 6.45) is 5.33. The summed E-state index contributed by atoms with van der Waals surface area (Å²) in [5.74, 6) is -2.56. The molecule has 2 aromatic heterocycles. The Labute approximate surface area is 152 Å². The number of carbonyl (C=O) groups is 1. The number of nitrogens with one attached hydrogen (secondary N) is 1. The summed E-state index contributed by atoms with van der Waals surface area (Å²) in [6, 6.07) is 0. The van der Waals surface area contributed by atoms with Crippen molar-refractivity contribution < 1.29 is 13.6 Å². The van der Waals surface area contributed by atoms with Crippen LogP contribution in [-0.4, -0.2) is 49.6 Å². The van der Waals surface area contributed by atoms with Crippen LogP contribution in [0.1, 0.15) is 40.2 Å². The minimum absolute atomic E-state index is 0.143. The maximum absolute atomic E-state index is 13.1. The number of allylic oxidation sites excluding steroid dienone is 1. The first-order valence-electron chi connectivity index (χ1n) is 8.79. The number of carbonyl (C=O) groups excluding carboxylic acids is 1. The van der Waals surface area contributed by atoms with Crippen molar-refractivity contribution in [3.63, 3.8) is 0 Å². The van der Waals surface area contributed by atoms with Crippen molar-refractivity contribution in [1.29, 1.82) is 0 Å². The molecule has 2 aromatic rings. The number of alkyl halides is 2. The topological polar surface area (TPSA) is 83.9 Å². The third-order valence-corrected chi connectivity index (χ3v) is 5.67. The van der Waals surface area contributed by atoms with E-state index in [9.17, 15) is 18.4 Å². The minimum atomic E-state index is -2.59. The molecule has 0 radical (unpaired) electrons. The van der Waals surface area contributed by atoms with Gasteiger partial charge in [0.1, 0.15) is 0 Å². The molecule has 0 unspecified atom stereocenters. The highest BCUT2D eigenvalue weighted by molar-refractivity contribution is 5.95. The maximum Gasteiger partial charge on any atom is 0.259 e. The molecule has 1 N–H and O–H groups in total. The van der Waals surface area contributed by atoms with Gasteiger partial charge in [-0.3, -0.25) is 14.6 Å². The summed E-state index contributed by atoms with van der Waals surface area (Å²) >= 11 is 0. The Kier molecular flexibility index (Phi) is 3.10. The predicted molar refractivity (Wildman–Crippen MR) is 92.0 cm³/mol. The number of nitrogens with zero attached hydrogens (tertiary/aromatic N) is 4. The van der Waals surface area contributed by atoms with Gasteiger partial charge < -0.3 is 4.90 Å². The Morgan fingerprint density at radius 2 is 2.04 bits per heavy atom. The van der Waals surface area contributed by atoms with Crippen LogP contribution in [0.3, 0.4) is 0 Å². The zero-order valence-electron chi connectivity index (χ0n) is 14.6. The summed E-state index contributed by atoms with van der Waals surface area (Å²) in [4.78, 5) is 33.6. The molecule has 2 fully saturated rings. The highest BCUT2D eigenvalue weighted by Gasteiger charge is 2.62. The van der Waals surface area contributed by atoms with Crippen LogP contribution in [0.5, 0.6) is 0 Å². The zero-order valence-corrected chi connectivity index (χ0v) is 14.6. The first-order chi connectivity index (χ1) is 12.8. The fraction of sp³-hybridized carbons (Fsp3) is 0.444. The molecule has 7 nitrogen and oxygen atoms in total. The average Bonchev–Trinajstić information content (AvgIpc) is 3.16. The number of halogens is 2. The fourth-order valence-corrected chi connectivity index (χ4v) is 4.41. The lowest BCUT2D eigenvalue weighted by Crippen LogP contribution is -2.66. The molecule has 0 bridgehead atoms. The number of hydrogen-bond donors (Lipinski definition) is 1. The Morgan fingerprint density at radius 1 is 1.30 bits per heavy atom. The standard InChI is InChI=1S/C18H17F2N5O2/c1-10-12(15(27)24-8-17(9-24)6-18(19,20)7-17)5-21-25(10)16-22-13-4-2-3-11(13)14(26)23-16/h2-3,5H,4,6-9H2,1H3,(H,22,23,26). The van der Waals surface area contributed by atoms with Crippen LogP contribution >= 0.6 is 0 Å². The second-order valence-electron chi connectivity index (χ2n) is 7.78. The van der Waals surface area contributed by atoms with Crippen molar-refractivity contribution in [2.24, 2.45) is 5.41 Å². The SMILES string of the molecule is Cc1c(C(=O)N2CC3(C2)CC(F)(F)C3)cnn1-c1nc2c(c(=O)[nH]1)C=CC2. The normalized spacial score (nSPS) is 21.1. The number of fused-ring (bicyclic) bond motifs is 1. The van der Waals surface area contributed by atoms with Crippen LogP contribution in [0.15, 0.2) is 17.1 Å². The first kappa shape index (κ1) is 16.3. The zero-order chi connectivity index (χ0) is 19.0. The van der Waals surface area contributed by atoms with Crippen LogP contribution < -0.4 is 5.56 Å². The van der Waals surface area contributed by atoms with E-state index in [1.165, 1.54) is 10.9 Å².